The van der Waals surface area contributed by atoms with Gasteiger partial charge in [0.2, 0.25) is 5.89 Å². The van der Waals surface area contributed by atoms with Crippen LogP contribution in [0.5, 0.6) is 0 Å². The lowest BCUT2D eigenvalue weighted by atomic mass is 9.89. The van der Waals surface area contributed by atoms with E-state index in [1.165, 1.54) is 22.2 Å². The minimum atomic E-state index is 0.00642. The van der Waals surface area contributed by atoms with Crippen LogP contribution in [0.4, 0.5) is 0 Å². The van der Waals surface area contributed by atoms with Crippen molar-refractivity contribution in [3.8, 4) is 0 Å². The third-order valence-corrected chi connectivity index (χ3v) is 7.70. The van der Waals surface area contributed by atoms with Crippen molar-refractivity contribution in [1.29, 1.82) is 0 Å². The Morgan fingerprint density at radius 1 is 1.35 bits per heavy atom. The van der Waals surface area contributed by atoms with E-state index < -0.39 is 0 Å². The van der Waals surface area contributed by atoms with Crippen LogP contribution in [0, 0.1) is 5.92 Å². The van der Waals surface area contributed by atoms with Gasteiger partial charge < -0.3 is 8.94 Å². The molecular weight excluding hydrogens is 432 g/mol. The van der Waals surface area contributed by atoms with Crippen LogP contribution in [0.25, 0.3) is 10.2 Å². The molecule has 0 bridgehead atoms. The molecule has 4 aromatic heterocycles. The molecule has 9 heteroatoms. The number of rotatable bonds is 6. The Kier molecular flexibility index (Phi) is 5.47. The third kappa shape index (κ3) is 3.96. The molecule has 1 aliphatic rings. The summed E-state index contributed by atoms with van der Waals surface area (Å²) in [5.41, 5.74) is 1.20. The fourth-order valence-corrected chi connectivity index (χ4v) is 6.17. The van der Waals surface area contributed by atoms with Gasteiger partial charge in [0, 0.05) is 10.8 Å². The predicted octanol–water partition coefficient (Wildman–Crippen LogP) is 5.02. The molecule has 0 fully saturated rings. The van der Waals surface area contributed by atoms with Crippen LogP contribution < -0.4 is 5.56 Å². The molecule has 0 radical (unpaired) electrons. The van der Waals surface area contributed by atoms with Gasteiger partial charge in [-0.1, -0.05) is 37.7 Å². The molecule has 4 heterocycles. The number of hydrogen-bond donors (Lipinski definition) is 0. The second-order valence-electron chi connectivity index (χ2n) is 8.39. The highest BCUT2D eigenvalue weighted by Crippen LogP contribution is 2.37. The Morgan fingerprint density at radius 3 is 2.97 bits per heavy atom. The van der Waals surface area contributed by atoms with E-state index in [1.807, 2.05) is 26.0 Å². The molecule has 1 unspecified atom stereocenters. The highest BCUT2D eigenvalue weighted by Gasteiger charge is 2.25. The van der Waals surface area contributed by atoms with E-state index in [0.29, 0.717) is 35.1 Å². The van der Waals surface area contributed by atoms with Crippen molar-refractivity contribution in [2.24, 2.45) is 5.92 Å². The van der Waals surface area contributed by atoms with Crippen molar-refractivity contribution in [3.63, 3.8) is 0 Å². The van der Waals surface area contributed by atoms with Crippen LogP contribution in [0.3, 0.4) is 0 Å². The third-order valence-electron chi connectivity index (χ3n) is 5.58. The van der Waals surface area contributed by atoms with Crippen molar-refractivity contribution in [2.75, 3.05) is 0 Å². The molecule has 162 valence electrons. The smallest absolute Gasteiger partial charge is 0.263 e. The molecule has 0 spiro atoms. The minimum Gasteiger partial charge on any atom is -0.467 e. The zero-order valence-corrected chi connectivity index (χ0v) is 19.4. The molecule has 0 N–H and O–H groups in total. The van der Waals surface area contributed by atoms with Gasteiger partial charge in [-0.15, -0.1) is 11.3 Å². The SMILES string of the molecule is CC1CCc2c(sc3nc(SCc4noc(C(C)C)n4)n(Cc4ccco4)c(=O)c23)C1. The summed E-state index contributed by atoms with van der Waals surface area (Å²) in [5, 5.41) is 5.50. The van der Waals surface area contributed by atoms with E-state index in [0.717, 1.165) is 35.2 Å². The van der Waals surface area contributed by atoms with E-state index in [4.69, 9.17) is 13.9 Å². The lowest BCUT2D eigenvalue weighted by Gasteiger charge is -2.17. The molecule has 1 atom stereocenters. The maximum Gasteiger partial charge on any atom is 0.263 e. The predicted molar refractivity (Wildman–Crippen MR) is 121 cm³/mol. The van der Waals surface area contributed by atoms with Gasteiger partial charge in [0.25, 0.3) is 5.56 Å². The van der Waals surface area contributed by atoms with Crippen molar-refractivity contribution >= 4 is 33.3 Å². The standard InChI is InChI=1S/C22H24N4O3S2/c1-12(2)19-23-17(25-29-19)11-30-22-24-20-18(15-7-6-13(3)9-16(15)31-20)21(27)26(22)10-14-5-4-8-28-14/h4-5,8,12-13H,6-7,9-11H2,1-3H3. The summed E-state index contributed by atoms with van der Waals surface area (Å²) in [4.78, 5) is 25.1. The van der Waals surface area contributed by atoms with Crippen LogP contribution in [-0.4, -0.2) is 19.7 Å². The molecule has 31 heavy (non-hydrogen) atoms. The molecule has 0 aromatic carbocycles. The number of nitrogens with zero attached hydrogens (tertiary/aromatic N) is 4. The van der Waals surface area contributed by atoms with Crippen LogP contribution in [0.2, 0.25) is 0 Å². The number of hydrogen-bond acceptors (Lipinski definition) is 8. The molecule has 0 aliphatic heterocycles. The van der Waals surface area contributed by atoms with Crippen molar-refractivity contribution in [3.05, 3.63) is 56.7 Å². The highest BCUT2D eigenvalue weighted by molar-refractivity contribution is 7.98. The number of furan rings is 1. The van der Waals surface area contributed by atoms with E-state index in [2.05, 4.69) is 17.1 Å². The van der Waals surface area contributed by atoms with E-state index >= 15 is 0 Å². The molecule has 1 aliphatic carbocycles. The topological polar surface area (TPSA) is 86.9 Å². The van der Waals surface area contributed by atoms with Crippen LogP contribution in [-0.2, 0) is 25.1 Å². The van der Waals surface area contributed by atoms with Gasteiger partial charge in [0.15, 0.2) is 11.0 Å². The van der Waals surface area contributed by atoms with Gasteiger partial charge in [-0.05, 0) is 42.9 Å². The molecule has 5 rings (SSSR count). The Hall–Kier alpha value is -2.39. The normalized spacial score (nSPS) is 16.3. The van der Waals surface area contributed by atoms with Gasteiger partial charge in [-0.25, -0.2) is 4.98 Å². The number of aryl methyl sites for hydroxylation is 1. The Morgan fingerprint density at radius 2 is 2.23 bits per heavy atom. The van der Waals surface area contributed by atoms with Crippen molar-refractivity contribution in [2.45, 2.75) is 63.4 Å². The average Bonchev–Trinajstić information content (AvgIpc) is 3.47. The van der Waals surface area contributed by atoms with Gasteiger partial charge >= 0.3 is 0 Å². The Labute approximate surface area is 187 Å². The maximum absolute atomic E-state index is 13.6. The van der Waals surface area contributed by atoms with Gasteiger partial charge in [0.05, 0.1) is 23.9 Å². The first-order valence-electron chi connectivity index (χ1n) is 10.5. The van der Waals surface area contributed by atoms with Crippen LogP contribution in [0.15, 0.2) is 37.3 Å². The Balaban J connectivity index is 1.55. The number of thiophene rings is 1. The first-order valence-corrected chi connectivity index (χ1v) is 12.3. The largest absolute Gasteiger partial charge is 0.467 e. The number of thioether (sulfide) groups is 1. The zero-order valence-electron chi connectivity index (χ0n) is 17.8. The molecule has 0 amide bonds. The first kappa shape index (κ1) is 20.5. The molecular formula is C22H24N4O3S2. The number of fused-ring (bicyclic) bond motifs is 3. The minimum absolute atomic E-state index is 0.00642. The summed E-state index contributed by atoms with van der Waals surface area (Å²) in [6.45, 7) is 6.65. The monoisotopic (exact) mass is 456 g/mol. The van der Waals surface area contributed by atoms with E-state index in [1.54, 1.807) is 22.2 Å². The lowest BCUT2D eigenvalue weighted by Crippen LogP contribution is -2.24. The second-order valence-corrected chi connectivity index (χ2v) is 10.4. The van der Waals surface area contributed by atoms with Crippen LogP contribution >= 0.6 is 23.1 Å². The molecule has 0 saturated heterocycles. The van der Waals surface area contributed by atoms with E-state index in [-0.39, 0.29) is 11.5 Å². The quantitative estimate of drug-likeness (QED) is 0.297. The second kappa shape index (κ2) is 8.27. The summed E-state index contributed by atoms with van der Waals surface area (Å²) >= 11 is 3.12. The van der Waals surface area contributed by atoms with Crippen molar-refractivity contribution in [1.82, 2.24) is 19.7 Å². The molecule has 0 saturated carbocycles. The lowest BCUT2D eigenvalue weighted by molar-refractivity contribution is 0.362. The molecule has 7 nitrogen and oxygen atoms in total. The summed E-state index contributed by atoms with van der Waals surface area (Å²) in [6, 6.07) is 3.71. The molecule has 4 aromatic rings. The van der Waals surface area contributed by atoms with Gasteiger partial charge in [0.1, 0.15) is 10.6 Å². The van der Waals surface area contributed by atoms with Gasteiger partial charge in [-0.2, -0.15) is 4.98 Å². The maximum atomic E-state index is 13.6. The summed E-state index contributed by atoms with van der Waals surface area (Å²) < 4.78 is 12.6. The summed E-state index contributed by atoms with van der Waals surface area (Å²) in [6.07, 6.45) is 4.71. The summed E-state index contributed by atoms with van der Waals surface area (Å²) in [7, 11) is 0. The average molecular weight is 457 g/mol. The first-order chi connectivity index (χ1) is 15.0. The van der Waals surface area contributed by atoms with Crippen molar-refractivity contribution < 1.29 is 8.94 Å². The van der Waals surface area contributed by atoms with Gasteiger partial charge in [-0.3, -0.25) is 9.36 Å². The Bertz CT molecular complexity index is 1270. The fourth-order valence-electron chi connectivity index (χ4n) is 3.90. The highest BCUT2D eigenvalue weighted by atomic mass is 32.2. The summed E-state index contributed by atoms with van der Waals surface area (Å²) in [5.74, 6) is 3.25. The zero-order chi connectivity index (χ0) is 21.5. The number of aromatic nitrogens is 4. The fraction of sp³-hybridized carbons (Fsp3) is 0.455. The van der Waals surface area contributed by atoms with E-state index in [9.17, 15) is 4.79 Å². The van der Waals surface area contributed by atoms with Crippen LogP contribution in [0.1, 0.15) is 61.0 Å².